The smallest absolute Gasteiger partial charge is 0.337 e. The number of benzene rings is 1. The van der Waals surface area contributed by atoms with Crippen LogP contribution < -0.4 is 0 Å². The number of aliphatic carboxylic acids is 1. The van der Waals surface area contributed by atoms with Gasteiger partial charge in [0.1, 0.15) is 11.5 Å². The first-order chi connectivity index (χ1) is 8.58. The largest absolute Gasteiger partial charge is 0.508 e. The minimum absolute atomic E-state index is 0.0716. The van der Waals surface area contributed by atoms with Gasteiger partial charge in [-0.3, -0.25) is 0 Å². The second kappa shape index (κ2) is 4.93. The number of phenols is 2. The average Bonchev–Trinajstić information content (AvgIpc) is 2.80. The van der Waals surface area contributed by atoms with E-state index in [1.807, 2.05) is 0 Å². The highest BCUT2D eigenvalue weighted by atomic mass is 32.1. The van der Waals surface area contributed by atoms with Crippen LogP contribution in [0.25, 0.3) is 11.6 Å². The topological polar surface area (TPSA) is 77.8 Å². The van der Waals surface area contributed by atoms with Crippen LogP contribution in [0.1, 0.15) is 10.4 Å². The number of hydrogen-bond donors (Lipinski definition) is 3. The molecular weight excluding hydrogens is 252 g/mol. The number of carboxylic acids is 1. The first-order valence-corrected chi connectivity index (χ1v) is 5.97. The van der Waals surface area contributed by atoms with Crippen molar-refractivity contribution in [3.05, 3.63) is 46.2 Å². The van der Waals surface area contributed by atoms with Crippen molar-refractivity contribution in [2.75, 3.05) is 0 Å². The number of aromatic hydroxyl groups is 2. The number of carboxylic acid groups (broad SMARTS) is 1. The van der Waals surface area contributed by atoms with Crippen molar-refractivity contribution in [1.29, 1.82) is 0 Å². The minimum atomic E-state index is -1.06. The Bertz CT molecular complexity index is 599. The van der Waals surface area contributed by atoms with Gasteiger partial charge in [-0.2, -0.15) is 0 Å². The zero-order valence-corrected chi connectivity index (χ0v) is 10.0. The summed E-state index contributed by atoms with van der Waals surface area (Å²) in [5.74, 6) is -1.30. The van der Waals surface area contributed by atoms with Gasteiger partial charge in [-0.1, -0.05) is 6.07 Å². The highest BCUT2D eigenvalue weighted by Crippen LogP contribution is 2.28. The Morgan fingerprint density at radius 2 is 2.00 bits per heavy atom. The third-order valence-electron chi connectivity index (χ3n) is 2.33. The van der Waals surface area contributed by atoms with Gasteiger partial charge in [-0.05, 0) is 29.7 Å². The molecule has 1 heterocycles. The molecule has 18 heavy (non-hydrogen) atoms. The Balaban J connectivity index is 2.49. The van der Waals surface area contributed by atoms with E-state index >= 15 is 0 Å². The first-order valence-electron chi connectivity index (χ1n) is 5.09. The van der Waals surface area contributed by atoms with E-state index in [-0.39, 0.29) is 17.1 Å². The van der Waals surface area contributed by atoms with Crippen LogP contribution in [0.3, 0.4) is 0 Å². The molecule has 2 aromatic rings. The van der Waals surface area contributed by atoms with E-state index in [0.29, 0.717) is 10.4 Å². The summed E-state index contributed by atoms with van der Waals surface area (Å²) in [6.45, 7) is 0. The molecule has 0 aliphatic rings. The molecule has 0 atom stereocenters. The molecule has 0 spiro atoms. The van der Waals surface area contributed by atoms with Crippen LogP contribution in [-0.2, 0) is 4.79 Å². The standard InChI is InChI=1S/C13H10O4S/c14-9-4-3-8(11(15)7-9)6-10(13(16)17)12-2-1-5-18-12/h1-7,14-15H,(H,16,17)/b10-6-. The van der Waals surface area contributed by atoms with E-state index in [4.69, 9.17) is 10.2 Å². The van der Waals surface area contributed by atoms with Crippen LogP contribution in [0.4, 0.5) is 0 Å². The van der Waals surface area contributed by atoms with Gasteiger partial charge in [-0.25, -0.2) is 4.79 Å². The molecule has 0 saturated carbocycles. The van der Waals surface area contributed by atoms with Crippen molar-refractivity contribution in [3.8, 4) is 11.5 Å². The number of carbonyl (C=O) groups is 1. The summed E-state index contributed by atoms with van der Waals surface area (Å²) < 4.78 is 0. The van der Waals surface area contributed by atoms with Gasteiger partial charge in [0.2, 0.25) is 0 Å². The first kappa shape index (κ1) is 12.2. The molecule has 0 aliphatic carbocycles. The fourth-order valence-corrected chi connectivity index (χ4v) is 2.21. The predicted molar refractivity (Wildman–Crippen MR) is 69.6 cm³/mol. The van der Waals surface area contributed by atoms with Crippen LogP contribution in [0, 0.1) is 0 Å². The van der Waals surface area contributed by atoms with E-state index in [2.05, 4.69) is 0 Å². The SMILES string of the molecule is O=C(O)/C(=C\c1ccc(O)cc1O)c1cccs1. The summed E-state index contributed by atoms with van der Waals surface area (Å²) in [7, 11) is 0. The Hall–Kier alpha value is -2.27. The van der Waals surface area contributed by atoms with E-state index in [1.54, 1.807) is 17.5 Å². The van der Waals surface area contributed by atoms with E-state index in [1.165, 1.54) is 35.6 Å². The fourth-order valence-electron chi connectivity index (χ4n) is 1.48. The molecule has 92 valence electrons. The van der Waals surface area contributed by atoms with Crippen molar-refractivity contribution in [2.45, 2.75) is 0 Å². The monoisotopic (exact) mass is 262 g/mol. The second-order valence-electron chi connectivity index (χ2n) is 3.58. The van der Waals surface area contributed by atoms with Gasteiger partial charge < -0.3 is 15.3 Å². The summed E-state index contributed by atoms with van der Waals surface area (Å²) in [6, 6.07) is 7.47. The molecule has 0 aliphatic heterocycles. The molecule has 0 amide bonds. The van der Waals surface area contributed by atoms with Crippen molar-refractivity contribution in [1.82, 2.24) is 0 Å². The Kier molecular flexibility index (Phi) is 3.34. The summed E-state index contributed by atoms with van der Waals surface area (Å²) in [5.41, 5.74) is 0.449. The van der Waals surface area contributed by atoms with Crippen LogP contribution in [0.15, 0.2) is 35.7 Å². The third-order valence-corrected chi connectivity index (χ3v) is 3.23. The Labute approximate surface area is 107 Å². The maximum absolute atomic E-state index is 11.2. The molecule has 0 bridgehead atoms. The van der Waals surface area contributed by atoms with Gasteiger partial charge in [0, 0.05) is 16.5 Å². The molecule has 4 nitrogen and oxygen atoms in total. The third kappa shape index (κ3) is 2.52. The van der Waals surface area contributed by atoms with Gasteiger partial charge in [0.05, 0.1) is 5.57 Å². The van der Waals surface area contributed by atoms with Crippen LogP contribution in [0.5, 0.6) is 11.5 Å². The van der Waals surface area contributed by atoms with Crippen molar-refractivity contribution in [3.63, 3.8) is 0 Å². The normalized spacial score (nSPS) is 11.4. The summed E-state index contributed by atoms with van der Waals surface area (Å²) >= 11 is 1.31. The average molecular weight is 262 g/mol. The van der Waals surface area contributed by atoms with Gasteiger partial charge >= 0.3 is 5.97 Å². The molecule has 0 unspecified atom stereocenters. The van der Waals surface area contributed by atoms with Crippen molar-refractivity contribution in [2.24, 2.45) is 0 Å². The maximum atomic E-state index is 11.2. The lowest BCUT2D eigenvalue weighted by Gasteiger charge is -2.02. The minimum Gasteiger partial charge on any atom is -0.508 e. The molecule has 5 heteroatoms. The van der Waals surface area contributed by atoms with Crippen molar-refractivity contribution < 1.29 is 20.1 Å². The Morgan fingerprint density at radius 1 is 1.22 bits per heavy atom. The number of phenolic OH excluding ortho intramolecular Hbond substituents is 2. The number of thiophene rings is 1. The molecule has 1 aromatic heterocycles. The van der Waals surface area contributed by atoms with Crippen LogP contribution in [-0.4, -0.2) is 21.3 Å². The summed E-state index contributed by atoms with van der Waals surface area (Å²) in [4.78, 5) is 11.8. The maximum Gasteiger partial charge on any atom is 0.337 e. The second-order valence-corrected chi connectivity index (χ2v) is 4.53. The molecule has 2 rings (SSSR count). The quantitative estimate of drug-likeness (QED) is 0.743. The van der Waals surface area contributed by atoms with Gasteiger partial charge in [-0.15, -0.1) is 11.3 Å². The van der Waals surface area contributed by atoms with Crippen LogP contribution in [0.2, 0.25) is 0 Å². The lowest BCUT2D eigenvalue weighted by Crippen LogP contribution is -1.97. The van der Waals surface area contributed by atoms with Gasteiger partial charge in [0.15, 0.2) is 0 Å². The fraction of sp³-hybridized carbons (Fsp3) is 0. The van der Waals surface area contributed by atoms with Gasteiger partial charge in [0.25, 0.3) is 0 Å². The highest BCUT2D eigenvalue weighted by Gasteiger charge is 2.12. The molecule has 1 aromatic carbocycles. The molecular formula is C13H10O4S. The Morgan fingerprint density at radius 3 is 2.56 bits per heavy atom. The number of rotatable bonds is 3. The molecule has 0 radical (unpaired) electrons. The molecule has 3 N–H and O–H groups in total. The highest BCUT2D eigenvalue weighted by molar-refractivity contribution is 7.11. The zero-order chi connectivity index (χ0) is 13.1. The zero-order valence-electron chi connectivity index (χ0n) is 9.20. The lowest BCUT2D eigenvalue weighted by molar-refractivity contribution is -0.130. The summed E-state index contributed by atoms with van der Waals surface area (Å²) in [5, 5.41) is 29.7. The summed E-state index contributed by atoms with van der Waals surface area (Å²) in [6.07, 6.45) is 1.38. The predicted octanol–water partition coefficient (Wildman–Crippen LogP) is 2.78. The lowest BCUT2D eigenvalue weighted by atomic mass is 10.1. The van der Waals surface area contributed by atoms with E-state index in [0.717, 1.165) is 0 Å². The number of hydrogen-bond acceptors (Lipinski definition) is 4. The van der Waals surface area contributed by atoms with E-state index < -0.39 is 5.97 Å². The van der Waals surface area contributed by atoms with Crippen LogP contribution >= 0.6 is 11.3 Å². The van der Waals surface area contributed by atoms with E-state index in [9.17, 15) is 9.90 Å². The van der Waals surface area contributed by atoms with Crippen molar-refractivity contribution >= 4 is 29.0 Å². The molecule has 0 saturated heterocycles. The molecule has 0 fully saturated rings.